The summed E-state index contributed by atoms with van der Waals surface area (Å²) in [6.45, 7) is 2.58. The van der Waals surface area contributed by atoms with Gasteiger partial charge in [-0.25, -0.2) is 4.98 Å². The predicted molar refractivity (Wildman–Crippen MR) is 105 cm³/mol. The van der Waals surface area contributed by atoms with E-state index in [1.54, 1.807) is 13.1 Å². The zero-order valence-corrected chi connectivity index (χ0v) is 17.0. The van der Waals surface area contributed by atoms with Gasteiger partial charge < -0.3 is 5.32 Å². The summed E-state index contributed by atoms with van der Waals surface area (Å²) in [6.07, 6.45) is 6.58. The molecule has 0 radical (unpaired) electrons. The summed E-state index contributed by atoms with van der Waals surface area (Å²) in [7, 11) is -1.85. The Hall–Kier alpha value is -1.51. The monoisotopic (exact) mass is 394 g/mol. The van der Waals surface area contributed by atoms with Gasteiger partial charge in [-0.15, -0.1) is 0 Å². The van der Waals surface area contributed by atoms with E-state index in [0.717, 1.165) is 31.4 Å². The van der Waals surface area contributed by atoms with Crippen LogP contribution in [0.15, 0.2) is 18.2 Å². The van der Waals surface area contributed by atoms with Gasteiger partial charge in [-0.3, -0.25) is 4.79 Å². The van der Waals surface area contributed by atoms with E-state index in [0.29, 0.717) is 25.2 Å². The lowest BCUT2D eigenvalue weighted by atomic mass is 9.96. The third-order valence-corrected chi connectivity index (χ3v) is 7.68. The summed E-state index contributed by atoms with van der Waals surface area (Å²) < 4.78 is 29.1. The number of aryl methyl sites for hydroxylation is 1. The minimum Gasteiger partial charge on any atom is -0.310 e. The highest BCUT2D eigenvalue weighted by Gasteiger charge is 2.37. The standard InChI is InChI=1S/C19H30N4O3S/c1-15-8-6-12-18(20-15)21-19(24)16-9-7-13-23(14-16)27(25,26)22(2)17-10-4-3-5-11-17/h6,8,12,16-17H,3-5,7,9-11,13-14H2,1-2H3,(H,20,21,24). The van der Waals surface area contributed by atoms with Crippen molar-refractivity contribution in [3.63, 3.8) is 0 Å². The normalized spacial score (nSPS) is 22.7. The molecule has 1 unspecified atom stereocenters. The van der Waals surface area contributed by atoms with Crippen LogP contribution in [0.5, 0.6) is 0 Å². The average molecular weight is 395 g/mol. The molecule has 0 aromatic carbocycles. The Kier molecular flexibility index (Phi) is 6.49. The van der Waals surface area contributed by atoms with Crippen molar-refractivity contribution in [1.29, 1.82) is 0 Å². The molecule has 1 saturated carbocycles. The Labute approximate surface area is 162 Å². The highest BCUT2D eigenvalue weighted by atomic mass is 32.2. The molecule has 150 valence electrons. The molecule has 0 spiro atoms. The lowest BCUT2D eigenvalue weighted by molar-refractivity contribution is -0.120. The van der Waals surface area contributed by atoms with Gasteiger partial charge in [0.15, 0.2) is 0 Å². The molecule has 1 aromatic heterocycles. The maximum absolute atomic E-state index is 13.1. The molecule has 27 heavy (non-hydrogen) atoms. The molecule has 2 aliphatic rings. The van der Waals surface area contributed by atoms with Crippen molar-refractivity contribution >= 4 is 21.9 Å². The largest absolute Gasteiger partial charge is 0.310 e. The van der Waals surface area contributed by atoms with Gasteiger partial charge in [0.2, 0.25) is 5.91 Å². The Balaban J connectivity index is 1.64. The van der Waals surface area contributed by atoms with Gasteiger partial charge in [0, 0.05) is 31.9 Å². The highest BCUT2D eigenvalue weighted by molar-refractivity contribution is 7.86. The molecular weight excluding hydrogens is 364 g/mol. The molecule has 1 aliphatic heterocycles. The minimum atomic E-state index is -3.54. The number of piperidine rings is 1. The maximum Gasteiger partial charge on any atom is 0.281 e. The van der Waals surface area contributed by atoms with Crippen LogP contribution in [0.25, 0.3) is 0 Å². The second-order valence-electron chi connectivity index (χ2n) is 7.67. The van der Waals surface area contributed by atoms with Crippen molar-refractivity contribution in [3.05, 3.63) is 23.9 Å². The van der Waals surface area contributed by atoms with Crippen molar-refractivity contribution in [1.82, 2.24) is 13.6 Å². The fraction of sp³-hybridized carbons (Fsp3) is 0.684. The lowest BCUT2D eigenvalue weighted by Crippen LogP contribution is -2.51. The van der Waals surface area contributed by atoms with E-state index < -0.39 is 10.2 Å². The van der Waals surface area contributed by atoms with Crippen LogP contribution in [0.1, 0.15) is 50.6 Å². The van der Waals surface area contributed by atoms with Gasteiger partial charge in [-0.1, -0.05) is 25.3 Å². The third kappa shape index (κ3) is 4.86. The number of nitrogens with one attached hydrogen (secondary N) is 1. The van der Waals surface area contributed by atoms with Crippen LogP contribution in [0, 0.1) is 12.8 Å². The maximum atomic E-state index is 13.1. The van der Waals surface area contributed by atoms with E-state index >= 15 is 0 Å². The summed E-state index contributed by atoms with van der Waals surface area (Å²) in [5.74, 6) is 0.00298. The highest BCUT2D eigenvalue weighted by Crippen LogP contribution is 2.27. The third-order valence-electron chi connectivity index (χ3n) is 5.67. The minimum absolute atomic E-state index is 0.0782. The lowest BCUT2D eigenvalue weighted by Gasteiger charge is -2.37. The van der Waals surface area contributed by atoms with Gasteiger partial charge in [0.1, 0.15) is 5.82 Å². The Morgan fingerprint density at radius 1 is 1.19 bits per heavy atom. The van der Waals surface area contributed by atoms with Crippen molar-refractivity contribution in [2.24, 2.45) is 5.92 Å². The number of hydrogen-bond donors (Lipinski definition) is 1. The van der Waals surface area contributed by atoms with Gasteiger partial charge in [0.25, 0.3) is 10.2 Å². The first-order chi connectivity index (χ1) is 12.9. The van der Waals surface area contributed by atoms with E-state index in [1.807, 2.05) is 19.1 Å². The van der Waals surface area contributed by atoms with Crippen LogP contribution in [-0.2, 0) is 15.0 Å². The molecule has 1 atom stereocenters. The SMILES string of the molecule is Cc1cccc(NC(=O)C2CCCN(S(=O)(=O)N(C)C3CCCCC3)C2)n1. The molecule has 8 heteroatoms. The van der Waals surface area contributed by atoms with E-state index in [9.17, 15) is 13.2 Å². The molecule has 0 bridgehead atoms. The van der Waals surface area contributed by atoms with Crippen LogP contribution in [-0.4, -0.2) is 54.1 Å². The van der Waals surface area contributed by atoms with Gasteiger partial charge in [0.05, 0.1) is 5.92 Å². The Bertz CT molecular complexity index is 762. The number of pyridine rings is 1. The number of amides is 1. The van der Waals surface area contributed by atoms with Crippen LogP contribution >= 0.6 is 0 Å². The molecule has 1 amide bonds. The quantitative estimate of drug-likeness (QED) is 0.832. The smallest absolute Gasteiger partial charge is 0.281 e. The molecule has 1 aromatic rings. The zero-order valence-electron chi connectivity index (χ0n) is 16.2. The zero-order chi connectivity index (χ0) is 19.4. The number of aromatic nitrogens is 1. The first-order valence-corrected chi connectivity index (χ1v) is 11.3. The van der Waals surface area contributed by atoms with Crippen LogP contribution in [0.3, 0.4) is 0 Å². The van der Waals surface area contributed by atoms with Crippen LogP contribution in [0.4, 0.5) is 5.82 Å². The number of rotatable bonds is 5. The molecule has 2 fully saturated rings. The first kappa shape index (κ1) is 20.2. The van der Waals surface area contributed by atoms with Gasteiger partial charge in [-0.05, 0) is 44.7 Å². The molecule has 1 aliphatic carbocycles. The van der Waals surface area contributed by atoms with Crippen molar-refractivity contribution in [3.8, 4) is 0 Å². The Morgan fingerprint density at radius 3 is 2.63 bits per heavy atom. The predicted octanol–water partition coefficient (Wildman–Crippen LogP) is 2.55. The van der Waals surface area contributed by atoms with Crippen molar-refractivity contribution in [2.75, 3.05) is 25.5 Å². The van der Waals surface area contributed by atoms with Crippen molar-refractivity contribution < 1.29 is 13.2 Å². The summed E-state index contributed by atoms with van der Waals surface area (Å²) in [4.78, 5) is 16.9. The van der Waals surface area contributed by atoms with E-state index in [1.165, 1.54) is 15.0 Å². The second-order valence-corrected chi connectivity index (χ2v) is 9.65. The summed E-state index contributed by atoms with van der Waals surface area (Å²) in [5, 5.41) is 2.83. The number of anilines is 1. The van der Waals surface area contributed by atoms with Crippen molar-refractivity contribution in [2.45, 2.75) is 57.9 Å². The molecular formula is C19H30N4O3S. The van der Waals surface area contributed by atoms with E-state index in [-0.39, 0.29) is 24.4 Å². The fourth-order valence-electron chi connectivity index (χ4n) is 4.02. The fourth-order valence-corrected chi connectivity index (χ4v) is 5.70. The molecule has 1 N–H and O–H groups in total. The summed E-state index contributed by atoms with van der Waals surface area (Å²) in [5.41, 5.74) is 0.828. The molecule has 1 saturated heterocycles. The van der Waals surface area contributed by atoms with Crippen LogP contribution < -0.4 is 5.32 Å². The van der Waals surface area contributed by atoms with Gasteiger partial charge >= 0.3 is 0 Å². The molecule has 7 nitrogen and oxygen atoms in total. The average Bonchev–Trinajstić information content (AvgIpc) is 2.68. The Morgan fingerprint density at radius 2 is 1.93 bits per heavy atom. The summed E-state index contributed by atoms with van der Waals surface area (Å²) in [6, 6.07) is 5.54. The van der Waals surface area contributed by atoms with Crippen LogP contribution in [0.2, 0.25) is 0 Å². The van der Waals surface area contributed by atoms with E-state index in [2.05, 4.69) is 10.3 Å². The number of carbonyl (C=O) groups is 1. The topological polar surface area (TPSA) is 82.6 Å². The number of nitrogens with zero attached hydrogens (tertiary/aromatic N) is 3. The molecule has 3 rings (SSSR count). The van der Waals surface area contributed by atoms with E-state index in [4.69, 9.17) is 0 Å². The molecule has 2 heterocycles. The number of carbonyl (C=O) groups excluding carboxylic acids is 1. The second kappa shape index (κ2) is 8.67. The first-order valence-electron chi connectivity index (χ1n) is 9.85. The van der Waals surface area contributed by atoms with Gasteiger partial charge in [-0.2, -0.15) is 17.0 Å². The number of hydrogen-bond acceptors (Lipinski definition) is 4. The summed E-state index contributed by atoms with van der Waals surface area (Å²) >= 11 is 0.